The van der Waals surface area contributed by atoms with Crippen molar-refractivity contribution in [3.63, 3.8) is 0 Å². The van der Waals surface area contributed by atoms with Crippen molar-refractivity contribution >= 4 is 5.91 Å². The molecule has 0 spiro atoms. The number of nitrogens with one attached hydrogen (secondary N) is 1. The lowest BCUT2D eigenvalue weighted by molar-refractivity contribution is 0.0947. The van der Waals surface area contributed by atoms with Gasteiger partial charge in [-0.15, -0.1) is 0 Å². The second-order valence-corrected chi connectivity index (χ2v) is 4.01. The van der Waals surface area contributed by atoms with Crippen molar-refractivity contribution in [2.45, 2.75) is 13.5 Å². The molecular weight excluding hydrogens is 246 g/mol. The van der Waals surface area contributed by atoms with Gasteiger partial charge in [0.05, 0.1) is 29.7 Å². The van der Waals surface area contributed by atoms with Gasteiger partial charge in [-0.1, -0.05) is 6.07 Å². The highest BCUT2D eigenvalue weighted by Gasteiger charge is 2.13. The number of hydrogen-bond acceptors (Lipinski definition) is 5. The first kappa shape index (κ1) is 12.8. The molecule has 1 aromatic carbocycles. The van der Waals surface area contributed by atoms with Gasteiger partial charge in [0.15, 0.2) is 11.5 Å². The van der Waals surface area contributed by atoms with Gasteiger partial charge >= 0.3 is 0 Å². The van der Waals surface area contributed by atoms with E-state index in [9.17, 15) is 15.0 Å². The molecule has 0 radical (unpaired) electrons. The summed E-state index contributed by atoms with van der Waals surface area (Å²) in [4.78, 5) is 20.0. The summed E-state index contributed by atoms with van der Waals surface area (Å²) in [5.74, 6) is -1.26. The summed E-state index contributed by atoms with van der Waals surface area (Å²) in [6.07, 6.45) is 3.17. The van der Waals surface area contributed by atoms with Crippen LogP contribution in [0.2, 0.25) is 0 Å². The van der Waals surface area contributed by atoms with Gasteiger partial charge in [0, 0.05) is 6.20 Å². The fourth-order valence-corrected chi connectivity index (χ4v) is 1.49. The van der Waals surface area contributed by atoms with Crippen LogP contribution in [0.15, 0.2) is 30.6 Å². The van der Waals surface area contributed by atoms with Gasteiger partial charge in [0.25, 0.3) is 5.91 Å². The highest BCUT2D eigenvalue weighted by molar-refractivity contribution is 5.97. The molecule has 0 bridgehead atoms. The van der Waals surface area contributed by atoms with Crippen LogP contribution in [0.3, 0.4) is 0 Å². The Labute approximate surface area is 109 Å². The number of phenols is 2. The molecule has 1 amide bonds. The first-order valence-electron chi connectivity index (χ1n) is 5.64. The van der Waals surface area contributed by atoms with E-state index in [-0.39, 0.29) is 17.9 Å². The van der Waals surface area contributed by atoms with Crippen molar-refractivity contribution in [2.75, 3.05) is 0 Å². The molecule has 2 rings (SSSR count). The fraction of sp³-hybridized carbons (Fsp3) is 0.154. The number of hydrogen-bond donors (Lipinski definition) is 3. The predicted molar refractivity (Wildman–Crippen MR) is 67.7 cm³/mol. The Morgan fingerprint density at radius 2 is 2.05 bits per heavy atom. The summed E-state index contributed by atoms with van der Waals surface area (Å²) in [5.41, 5.74) is 1.42. The van der Waals surface area contributed by atoms with Crippen molar-refractivity contribution < 1.29 is 15.0 Å². The van der Waals surface area contributed by atoms with Crippen molar-refractivity contribution in [1.82, 2.24) is 15.3 Å². The van der Waals surface area contributed by atoms with Gasteiger partial charge in [-0.25, -0.2) is 0 Å². The van der Waals surface area contributed by atoms with Gasteiger partial charge in [0.1, 0.15) is 0 Å². The van der Waals surface area contributed by atoms with E-state index in [0.29, 0.717) is 5.69 Å². The van der Waals surface area contributed by atoms with E-state index in [4.69, 9.17) is 0 Å². The molecule has 0 saturated carbocycles. The first-order valence-corrected chi connectivity index (χ1v) is 5.64. The Morgan fingerprint density at radius 3 is 2.74 bits per heavy atom. The van der Waals surface area contributed by atoms with Gasteiger partial charge in [0.2, 0.25) is 0 Å². The smallest absolute Gasteiger partial charge is 0.255 e. The van der Waals surface area contributed by atoms with Crippen LogP contribution in [0.25, 0.3) is 0 Å². The van der Waals surface area contributed by atoms with E-state index >= 15 is 0 Å². The van der Waals surface area contributed by atoms with Crippen molar-refractivity contribution in [2.24, 2.45) is 0 Å². The Balaban J connectivity index is 2.05. The third-order valence-corrected chi connectivity index (χ3v) is 2.52. The van der Waals surface area contributed by atoms with E-state index in [1.807, 2.05) is 6.92 Å². The molecule has 0 aliphatic carbocycles. The molecule has 3 N–H and O–H groups in total. The monoisotopic (exact) mass is 259 g/mol. The molecule has 0 aliphatic heterocycles. The van der Waals surface area contributed by atoms with Gasteiger partial charge in [-0.3, -0.25) is 14.8 Å². The van der Waals surface area contributed by atoms with E-state index in [0.717, 1.165) is 5.69 Å². The van der Waals surface area contributed by atoms with E-state index < -0.39 is 11.7 Å². The van der Waals surface area contributed by atoms with Crippen LogP contribution in [-0.2, 0) is 6.54 Å². The predicted octanol–water partition coefficient (Wildman–Crippen LogP) is 1.13. The SMILES string of the molecule is Cc1cnc(CNC(=O)c2cccc(O)c2O)cn1. The maximum atomic E-state index is 11.8. The zero-order chi connectivity index (χ0) is 13.8. The van der Waals surface area contributed by atoms with Crippen LogP contribution in [0, 0.1) is 6.92 Å². The topological polar surface area (TPSA) is 95.3 Å². The molecule has 1 aromatic heterocycles. The van der Waals surface area contributed by atoms with Crippen molar-refractivity contribution in [3.8, 4) is 11.5 Å². The lowest BCUT2D eigenvalue weighted by Gasteiger charge is -2.07. The maximum Gasteiger partial charge on any atom is 0.255 e. The zero-order valence-electron chi connectivity index (χ0n) is 10.3. The van der Waals surface area contributed by atoms with Crippen LogP contribution in [0.5, 0.6) is 11.5 Å². The van der Waals surface area contributed by atoms with E-state index in [1.165, 1.54) is 18.2 Å². The van der Waals surface area contributed by atoms with E-state index in [1.54, 1.807) is 12.4 Å². The molecule has 1 heterocycles. The number of para-hydroxylation sites is 1. The molecule has 0 atom stereocenters. The minimum Gasteiger partial charge on any atom is -0.504 e. The standard InChI is InChI=1S/C13H13N3O3/c1-8-5-15-9(6-14-8)7-16-13(19)10-3-2-4-11(17)12(10)18/h2-6,17-18H,7H2,1H3,(H,16,19). The second kappa shape index (κ2) is 5.34. The fourth-order valence-electron chi connectivity index (χ4n) is 1.49. The molecule has 6 heteroatoms. The zero-order valence-corrected chi connectivity index (χ0v) is 10.3. The second-order valence-electron chi connectivity index (χ2n) is 4.01. The first-order chi connectivity index (χ1) is 9.08. The number of phenolic OH excluding ortho intramolecular Hbond substituents is 2. The molecule has 0 fully saturated rings. The number of rotatable bonds is 3. The maximum absolute atomic E-state index is 11.8. The number of aryl methyl sites for hydroxylation is 1. The average Bonchev–Trinajstić information content (AvgIpc) is 2.41. The van der Waals surface area contributed by atoms with Crippen molar-refractivity contribution in [3.05, 3.63) is 47.5 Å². The summed E-state index contributed by atoms with van der Waals surface area (Å²) in [6, 6.07) is 4.21. The Kier molecular flexibility index (Phi) is 3.61. The Hall–Kier alpha value is -2.63. The molecule has 6 nitrogen and oxygen atoms in total. The molecular formula is C13H13N3O3. The minimum absolute atomic E-state index is 0.0140. The number of carbonyl (C=O) groups excluding carboxylic acids is 1. The quantitative estimate of drug-likeness (QED) is 0.718. The van der Waals surface area contributed by atoms with Crippen LogP contribution in [0.4, 0.5) is 0 Å². The molecule has 0 unspecified atom stereocenters. The molecule has 98 valence electrons. The van der Waals surface area contributed by atoms with E-state index in [2.05, 4.69) is 15.3 Å². The number of carbonyl (C=O) groups is 1. The summed E-state index contributed by atoms with van der Waals surface area (Å²) >= 11 is 0. The Morgan fingerprint density at radius 1 is 1.26 bits per heavy atom. The molecule has 19 heavy (non-hydrogen) atoms. The third kappa shape index (κ3) is 2.98. The van der Waals surface area contributed by atoms with Gasteiger partial charge in [-0.05, 0) is 19.1 Å². The van der Waals surface area contributed by atoms with Crippen LogP contribution in [-0.4, -0.2) is 26.1 Å². The lowest BCUT2D eigenvalue weighted by atomic mass is 10.1. The summed E-state index contributed by atoms with van der Waals surface area (Å²) in [6.45, 7) is 2.02. The number of amides is 1. The summed E-state index contributed by atoms with van der Waals surface area (Å²) in [7, 11) is 0. The number of aromatic hydroxyl groups is 2. The number of aromatic nitrogens is 2. The van der Waals surface area contributed by atoms with Gasteiger partial charge in [-0.2, -0.15) is 0 Å². The normalized spacial score (nSPS) is 10.2. The van der Waals surface area contributed by atoms with Crippen molar-refractivity contribution in [1.29, 1.82) is 0 Å². The highest BCUT2D eigenvalue weighted by Crippen LogP contribution is 2.27. The largest absolute Gasteiger partial charge is 0.504 e. The number of benzene rings is 1. The highest BCUT2D eigenvalue weighted by atomic mass is 16.3. The summed E-state index contributed by atoms with van der Waals surface area (Å²) in [5, 5.41) is 21.5. The molecule has 2 aromatic rings. The van der Waals surface area contributed by atoms with Gasteiger partial charge < -0.3 is 15.5 Å². The third-order valence-electron chi connectivity index (χ3n) is 2.52. The summed E-state index contributed by atoms with van der Waals surface area (Å²) < 4.78 is 0. The van der Waals surface area contributed by atoms with Crippen LogP contribution < -0.4 is 5.32 Å². The Bertz CT molecular complexity index is 597. The lowest BCUT2D eigenvalue weighted by Crippen LogP contribution is -2.23. The minimum atomic E-state index is -0.490. The average molecular weight is 259 g/mol. The molecule has 0 saturated heterocycles. The molecule has 0 aliphatic rings. The van der Waals surface area contributed by atoms with Crippen LogP contribution in [0.1, 0.15) is 21.7 Å². The number of nitrogens with zero attached hydrogens (tertiary/aromatic N) is 2. The van der Waals surface area contributed by atoms with Crippen LogP contribution >= 0.6 is 0 Å².